The van der Waals surface area contributed by atoms with Crippen molar-refractivity contribution in [2.45, 2.75) is 29.1 Å². The van der Waals surface area contributed by atoms with Gasteiger partial charge >= 0.3 is 0 Å². The highest BCUT2D eigenvalue weighted by atomic mass is 32.2. The fourth-order valence-corrected chi connectivity index (χ4v) is 3.84. The first-order valence-electron chi connectivity index (χ1n) is 7.09. The summed E-state index contributed by atoms with van der Waals surface area (Å²) >= 11 is 2.65. The summed E-state index contributed by atoms with van der Waals surface area (Å²) < 4.78 is 5.68. The molecule has 1 aromatic carbocycles. The molecule has 0 spiro atoms. The predicted octanol–water partition coefficient (Wildman–Crippen LogP) is 3.28. The summed E-state index contributed by atoms with van der Waals surface area (Å²) in [5, 5.41) is 16.0. The first kappa shape index (κ1) is 18.4. The fourth-order valence-electron chi connectivity index (χ4n) is 1.96. The molecule has 24 heavy (non-hydrogen) atoms. The highest BCUT2D eigenvalue weighted by Crippen LogP contribution is 2.36. The average Bonchev–Trinajstić information content (AvgIpc) is 2.92. The Morgan fingerprint density at radius 3 is 2.88 bits per heavy atom. The van der Waals surface area contributed by atoms with Crippen LogP contribution in [0.2, 0.25) is 0 Å². The van der Waals surface area contributed by atoms with E-state index in [2.05, 4.69) is 10.3 Å². The van der Waals surface area contributed by atoms with Crippen molar-refractivity contribution < 1.29 is 14.5 Å². The maximum atomic E-state index is 12.2. The number of nitro benzene ring substituents is 1. The van der Waals surface area contributed by atoms with Crippen molar-refractivity contribution in [3.8, 4) is 0 Å². The Labute approximate surface area is 147 Å². The number of aryl methyl sites for hydroxylation is 1. The molecule has 0 saturated carbocycles. The molecular formula is C15H17N3O4S2. The molecule has 0 bridgehead atoms. The molecule has 2 rings (SSSR count). The van der Waals surface area contributed by atoms with Gasteiger partial charge in [0, 0.05) is 35.9 Å². The second-order valence-electron chi connectivity index (χ2n) is 5.13. The second-order valence-corrected chi connectivity index (χ2v) is 7.27. The van der Waals surface area contributed by atoms with Gasteiger partial charge in [-0.05, 0) is 26.0 Å². The molecule has 0 aliphatic carbocycles. The van der Waals surface area contributed by atoms with Gasteiger partial charge in [0.15, 0.2) is 4.34 Å². The number of aromatic nitrogens is 1. The van der Waals surface area contributed by atoms with Crippen molar-refractivity contribution in [3.63, 3.8) is 0 Å². The Morgan fingerprint density at radius 1 is 1.54 bits per heavy atom. The number of benzene rings is 1. The SMILES string of the molecule is COCC(C)NC(=O)c1ccc(Sc2nc(C)cs2)c([N+](=O)[O-])c1. The Balaban J connectivity index is 2.22. The Morgan fingerprint density at radius 2 is 2.29 bits per heavy atom. The van der Waals surface area contributed by atoms with Crippen molar-refractivity contribution in [1.82, 2.24) is 10.3 Å². The minimum absolute atomic E-state index is 0.111. The van der Waals surface area contributed by atoms with Gasteiger partial charge in [-0.15, -0.1) is 11.3 Å². The lowest BCUT2D eigenvalue weighted by atomic mass is 10.2. The number of amides is 1. The van der Waals surface area contributed by atoms with Crippen molar-refractivity contribution in [2.24, 2.45) is 0 Å². The van der Waals surface area contributed by atoms with Crippen LogP contribution in [0.3, 0.4) is 0 Å². The molecule has 1 amide bonds. The van der Waals surface area contributed by atoms with E-state index >= 15 is 0 Å². The largest absolute Gasteiger partial charge is 0.383 e. The minimum Gasteiger partial charge on any atom is -0.383 e. The number of carbonyl (C=O) groups is 1. The summed E-state index contributed by atoms with van der Waals surface area (Å²) in [6.45, 7) is 4.03. The molecule has 1 N–H and O–H groups in total. The molecule has 0 aliphatic rings. The topological polar surface area (TPSA) is 94.4 Å². The minimum atomic E-state index is -0.488. The van der Waals surface area contributed by atoms with Crippen LogP contribution in [0.1, 0.15) is 23.0 Å². The third kappa shape index (κ3) is 4.76. The van der Waals surface area contributed by atoms with Crippen LogP contribution in [-0.4, -0.2) is 35.6 Å². The van der Waals surface area contributed by atoms with Crippen molar-refractivity contribution in [3.05, 3.63) is 45.0 Å². The summed E-state index contributed by atoms with van der Waals surface area (Å²) in [5.41, 5.74) is 0.998. The quantitative estimate of drug-likeness (QED) is 0.596. The van der Waals surface area contributed by atoms with Crippen LogP contribution in [0.25, 0.3) is 0 Å². The normalized spacial score (nSPS) is 12.0. The number of methoxy groups -OCH3 is 1. The van der Waals surface area contributed by atoms with Crippen LogP contribution in [-0.2, 0) is 4.74 Å². The zero-order valence-electron chi connectivity index (χ0n) is 13.4. The number of nitrogens with one attached hydrogen (secondary N) is 1. The van der Waals surface area contributed by atoms with Gasteiger partial charge in [-0.3, -0.25) is 14.9 Å². The number of hydrogen-bond donors (Lipinski definition) is 1. The van der Waals surface area contributed by atoms with Gasteiger partial charge in [0.25, 0.3) is 11.6 Å². The molecule has 0 fully saturated rings. The molecular weight excluding hydrogens is 350 g/mol. The van der Waals surface area contributed by atoms with Gasteiger partial charge in [0.1, 0.15) is 0 Å². The number of carbonyl (C=O) groups excluding carboxylic acids is 1. The molecule has 0 saturated heterocycles. The van der Waals surface area contributed by atoms with E-state index in [1.54, 1.807) is 26.2 Å². The molecule has 9 heteroatoms. The van der Waals surface area contributed by atoms with Gasteiger partial charge in [-0.2, -0.15) is 0 Å². The maximum absolute atomic E-state index is 12.2. The summed E-state index contributed by atoms with van der Waals surface area (Å²) in [7, 11) is 1.54. The van der Waals surface area contributed by atoms with Crippen LogP contribution in [0.4, 0.5) is 5.69 Å². The summed E-state index contributed by atoms with van der Waals surface area (Å²) in [6, 6.07) is 4.26. The lowest BCUT2D eigenvalue weighted by Gasteiger charge is -2.12. The average molecular weight is 367 g/mol. The highest BCUT2D eigenvalue weighted by molar-refractivity contribution is 8.01. The van der Waals surface area contributed by atoms with Gasteiger partial charge in [-0.25, -0.2) is 4.98 Å². The monoisotopic (exact) mass is 367 g/mol. The number of nitrogens with zero attached hydrogens (tertiary/aromatic N) is 2. The Hall–Kier alpha value is -1.97. The first-order chi connectivity index (χ1) is 11.4. The summed E-state index contributed by atoms with van der Waals surface area (Å²) in [6.07, 6.45) is 0. The fraction of sp³-hybridized carbons (Fsp3) is 0.333. The van der Waals surface area contributed by atoms with E-state index in [9.17, 15) is 14.9 Å². The number of thiazole rings is 1. The molecule has 2 aromatic rings. The van der Waals surface area contributed by atoms with Gasteiger partial charge in [0.2, 0.25) is 0 Å². The predicted molar refractivity (Wildman–Crippen MR) is 92.9 cm³/mol. The van der Waals surface area contributed by atoms with E-state index in [0.717, 1.165) is 10.0 Å². The molecule has 0 aliphatic heterocycles. The zero-order valence-corrected chi connectivity index (χ0v) is 15.1. The summed E-state index contributed by atoms with van der Waals surface area (Å²) in [5.74, 6) is -0.371. The highest BCUT2D eigenvalue weighted by Gasteiger charge is 2.20. The molecule has 1 heterocycles. The Bertz CT molecular complexity index is 748. The van der Waals surface area contributed by atoms with Gasteiger partial charge in [0.05, 0.1) is 16.4 Å². The number of rotatable bonds is 7. The van der Waals surface area contributed by atoms with Crippen LogP contribution in [0.5, 0.6) is 0 Å². The standard InChI is InChI=1S/C15H17N3O4S2/c1-9(7-22-3)16-14(19)11-4-5-13(12(6-11)18(20)21)24-15-17-10(2)8-23-15/h4-6,8-9H,7H2,1-3H3,(H,16,19). The second kappa shape index (κ2) is 8.22. The molecule has 0 radical (unpaired) electrons. The lowest BCUT2D eigenvalue weighted by molar-refractivity contribution is -0.387. The number of nitro groups is 1. The number of ether oxygens (including phenoxy) is 1. The molecule has 1 atom stereocenters. The van der Waals surface area contributed by atoms with Gasteiger partial charge in [-0.1, -0.05) is 11.8 Å². The van der Waals surface area contributed by atoms with E-state index in [-0.39, 0.29) is 23.2 Å². The molecule has 1 unspecified atom stereocenters. The van der Waals surface area contributed by atoms with Crippen LogP contribution in [0, 0.1) is 17.0 Å². The summed E-state index contributed by atoms with van der Waals surface area (Å²) in [4.78, 5) is 27.8. The zero-order chi connectivity index (χ0) is 17.7. The first-order valence-corrected chi connectivity index (χ1v) is 8.78. The van der Waals surface area contributed by atoms with Crippen molar-refractivity contribution in [1.29, 1.82) is 0 Å². The lowest BCUT2D eigenvalue weighted by Crippen LogP contribution is -2.35. The smallest absolute Gasteiger partial charge is 0.284 e. The molecule has 7 nitrogen and oxygen atoms in total. The molecule has 128 valence electrons. The maximum Gasteiger partial charge on any atom is 0.284 e. The number of hydrogen-bond acceptors (Lipinski definition) is 7. The van der Waals surface area contributed by atoms with Crippen LogP contribution < -0.4 is 5.32 Å². The van der Waals surface area contributed by atoms with E-state index in [4.69, 9.17) is 4.74 Å². The van der Waals surface area contributed by atoms with Crippen molar-refractivity contribution >= 4 is 34.7 Å². The van der Waals surface area contributed by atoms with E-state index in [1.165, 1.54) is 29.2 Å². The van der Waals surface area contributed by atoms with E-state index < -0.39 is 4.92 Å². The van der Waals surface area contributed by atoms with E-state index in [1.807, 2.05) is 12.3 Å². The third-order valence-electron chi connectivity index (χ3n) is 3.01. The third-order valence-corrected chi connectivity index (χ3v) is 5.13. The van der Waals surface area contributed by atoms with Gasteiger partial charge < -0.3 is 10.1 Å². The van der Waals surface area contributed by atoms with E-state index in [0.29, 0.717) is 11.5 Å². The van der Waals surface area contributed by atoms with Crippen LogP contribution >= 0.6 is 23.1 Å². The molecule has 1 aromatic heterocycles. The van der Waals surface area contributed by atoms with Crippen molar-refractivity contribution in [2.75, 3.05) is 13.7 Å². The van der Waals surface area contributed by atoms with Crippen LogP contribution in [0.15, 0.2) is 32.8 Å². The Kier molecular flexibility index (Phi) is 6.29.